The van der Waals surface area contributed by atoms with E-state index < -0.39 is 11.6 Å². The van der Waals surface area contributed by atoms with E-state index in [0.717, 1.165) is 47.1 Å². The lowest BCUT2D eigenvalue weighted by Gasteiger charge is -2.29. The van der Waals surface area contributed by atoms with Crippen LogP contribution in [0.4, 0.5) is 0 Å². The number of piperidine rings is 1. The van der Waals surface area contributed by atoms with Gasteiger partial charge in [0.15, 0.2) is 0 Å². The zero-order chi connectivity index (χ0) is 26.1. The van der Waals surface area contributed by atoms with Gasteiger partial charge in [0.1, 0.15) is 12.2 Å². The van der Waals surface area contributed by atoms with Crippen molar-refractivity contribution in [2.45, 2.75) is 77.7 Å². The van der Waals surface area contributed by atoms with Gasteiger partial charge < -0.3 is 19.7 Å². The van der Waals surface area contributed by atoms with E-state index in [0.29, 0.717) is 46.8 Å². The van der Waals surface area contributed by atoms with Gasteiger partial charge in [-0.05, 0) is 80.0 Å². The Morgan fingerprint density at radius 3 is 2.84 bits per heavy atom. The van der Waals surface area contributed by atoms with E-state index in [-0.39, 0.29) is 18.6 Å². The summed E-state index contributed by atoms with van der Waals surface area (Å²) in [5.41, 5.74) is 4.59. The lowest BCUT2D eigenvalue weighted by molar-refractivity contribution is -0.149. The molecule has 0 aliphatic carbocycles. The normalized spacial score (nSPS) is 24.8. The largest absolute Gasteiger partial charge is 0.460 e. The maximum absolute atomic E-state index is 13.8. The van der Waals surface area contributed by atoms with Gasteiger partial charge in [-0.2, -0.15) is 0 Å². The van der Waals surface area contributed by atoms with Crippen molar-refractivity contribution in [2.75, 3.05) is 6.54 Å². The van der Waals surface area contributed by atoms with Crippen molar-refractivity contribution in [3.05, 3.63) is 61.4 Å². The zero-order valence-corrected chi connectivity index (χ0v) is 22.2. The quantitative estimate of drug-likeness (QED) is 0.389. The Balaban J connectivity index is 1.58. The molecule has 3 aliphatic rings. The van der Waals surface area contributed by atoms with E-state index in [1.54, 1.807) is 4.57 Å². The summed E-state index contributed by atoms with van der Waals surface area (Å²) in [6.45, 7) is 7.39. The number of pyridine rings is 2. The number of rotatable bonds is 3. The number of carbonyl (C=O) groups is 1. The molecular formula is C29H32ClN3O4. The lowest BCUT2D eigenvalue weighted by Crippen LogP contribution is -2.39. The molecule has 0 bridgehead atoms. The third-order valence-corrected chi connectivity index (χ3v) is 8.96. The molecule has 5 heterocycles. The van der Waals surface area contributed by atoms with E-state index in [1.807, 2.05) is 26.0 Å². The number of hydrogen-bond donors (Lipinski definition) is 2. The fourth-order valence-electron chi connectivity index (χ4n) is 6.35. The highest BCUT2D eigenvalue weighted by atomic mass is 35.5. The molecule has 1 fully saturated rings. The predicted octanol–water partition coefficient (Wildman–Crippen LogP) is 4.36. The van der Waals surface area contributed by atoms with Crippen molar-refractivity contribution in [1.82, 2.24) is 14.9 Å². The highest BCUT2D eigenvalue weighted by Gasteiger charge is 2.40. The van der Waals surface area contributed by atoms with Crippen LogP contribution in [0.5, 0.6) is 0 Å². The van der Waals surface area contributed by atoms with Crippen LogP contribution >= 0.6 is 11.6 Å². The van der Waals surface area contributed by atoms with Crippen molar-refractivity contribution in [1.29, 1.82) is 0 Å². The summed E-state index contributed by atoms with van der Waals surface area (Å²) in [5.74, 6) is 0.157. The summed E-state index contributed by atoms with van der Waals surface area (Å²) in [7, 11) is 0. The lowest BCUT2D eigenvalue weighted by atomic mass is 9.85. The van der Waals surface area contributed by atoms with Gasteiger partial charge in [-0.3, -0.25) is 9.59 Å². The van der Waals surface area contributed by atoms with Crippen LogP contribution in [0.15, 0.2) is 23.0 Å². The van der Waals surface area contributed by atoms with Crippen LogP contribution in [0.2, 0.25) is 5.02 Å². The Labute approximate surface area is 220 Å². The number of aryl methyl sites for hydroxylation is 1. The SMILES string of the molecule is CCC1(O)CC(=O)OCc2c1cc1n(c2=O)Cc2c-1nc1cc(Cl)c(C)cc1c2CC1CC(C)CCN1. The van der Waals surface area contributed by atoms with E-state index in [4.69, 9.17) is 21.3 Å². The molecular weight excluding hydrogens is 490 g/mol. The second-order valence-electron chi connectivity index (χ2n) is 11.1. The maximum Gasteiger partial charge on any atom is 0.309 e. The molecule has 37 heavy (non-hydrogen) atoms. The molecule has 0 spiro atoms. The fraction of sp³-hybridized carbons (Fsp3) is 0.483. The molecule has 7 nitrogen and oxygen atoms in total. The minimum absolute atomic E-state index is 0.132. The highest BCUT2D eigenvalue weighted by molar-refractivity contribution is 6.32. The van der Waals surface area contributed by atoms with Crippen LogP contribution in [0.25, 0.3) is 22.3 Å². The van der Waals surface area contributed by atoms with E-state index >= 15 is 0 Å². The minimum atomic E-state index is -1.46. The molecule has 1 aromatic carbocycles. The van der Waals surface area contributed by atoms with Gasteiger partial charge in [0.25, 0.3) is 5.56 Å². The Morgan fingerprint density at radius 2 is 2.08 bits per heavy atom. The first-order valence-electron chi connectivity index (χ1n) is 13.2. The minimum Gasteiger partial charge on any atom is -0.460 e. The van der Waals surface area contributed by atoms with Gasteiger partial charge in [0, 0.05) is 22.0 Å². The summed E-state index contributed by atoms with van der Waals surface area (Å²) in [6, 6.07) is 6.22. The van der Waals surface area contributed by atoms with Crippen molar-refractivity contribution in [3.8, 4) is 11.4 Å². The number of aliphatic hydroxyl groups is 1. The van der Waals surface area contributed by atoms with E-state index in [9.17, 15) is 14.7 Å². The van der Waals surface area contributed by atoms with Crippen LogP contribution in [0.1, 0.15) is 67.3 Å². The summed E-state index contributed by atoms with van der Waals surface area (Å²) in [4.78, 5) is 31.0. The number of halogens is 1. The summed E-state index contributed by atoms with van der Waals surface area (Å²) in [5, 5.41) is 16.8. The van der Waals surface area contributed by atoms with Gasteiger partial charge in [0.2, 0.25) is 0 Å². The second-order valence-corrected chi connectivity index (χ2v) is 11.5. The molecule has 2 aromatic heterocycles. The monoisotopic (exact) mass is 521 g/mol. The number of nitrogens with zero attached hydrogens (tertiary/aromatic N) is 2. The Kier molecular flexibility index (Phi) is 5.93. The number of benzene rings is 1. The number of ether oxygens (including phenoxy) is 1. The van der Waals surface area contributed by atoms with Crippen molar-refractivity contribution >= 4 is 28.5 Å². The maximum atomic E-state index is 13.8. The van der Waals surface area contributed by atoms with Gasteiger partial charge in [-0.25, -0.2) is 4.98 Å². The first-order chi connectivity index (χ1) is 17.7. The van der Waals surface area contributed by atoms with Gasteiger partial charge in [-0.1, -0.05) is 25.4 Å². The van der Waals surface area contributed by atoms with Crippen LogP contribution in [0.3, 0.4) is 0 Å². The Bertz CT molecular complexity index is 1510. The zero-order valence-electron chi connectivity index (χ0n) is 21.5. The summed E-state index contributed by atoms with van der Waals surface area (Å²) < 4.78 is 7.04. The number of carbonyl (C=O) groups excluding carboxylic acids is 1. The van der Waals surface area contributed by atoms with Crippen LogP contribution in [-0.2, 0) is 34.7 Å². The molecule has 6 rings (SSSR count). The summed E-state index contributed by atoms with van der Waals surface area (Å²) in [6.07, 6.45) is 3.23. The van der Waals surface area contributed by atoms with Gasteiger partial charge >= 0.3 is 5.97 Å². The topological polar surface area (TPSA) is 93.5 Å². The van der Waals surface area contributed by atoms with E-state index in [1.165, 1.54) is 12.0 Å². The molecule has 0 amide bonds. The fourth-order valence-corrected chi connectivity index (χ4v) is 6.50. The molecule has 8 heteroatoms. The van der Waals surface area contributed by atoms with Gasteiger partial charge in [0.05, 0.1) is 35.4 Å². The average Bonchev–Trinajstić information content (AvgIpc) is 3.16. The predicted molar refractivity (Wildman–Crippen MR) is 143 cm³/mol. The smallest absolute Gasteiger partial charge is 0.309 e. The number of hydrogen-bond acceptors (Lipinski definition) is 6. The second kappa shape index (κ2) is 8.93. The molecule has 2 N–H and O–H groups in total. The van der Waals surface area contributed by atoms with Crippen molar-refractivity contribution in [2.24, 2.45) is 5.92 Å². The molecule has 3 unspecified atom stereocenters. The van der Waals surface area contributed by atoms with Gasteiger partial charge in [-0.15, -0.1) is 0 Å². The molecule has 1 saturated heterocycles. The molecule has 3 aromatic rings. The first kappa shape index (κ1) is 24.6. The third-order valence-electron chi connectivity index (χ3n) is 8.55. The number of nitrogens with one attached hydrogen (secondary N) is 1. The number of fused-ring (bicyclic) bond motifs is 5. The van der Waals surface area contributed by atoms with E-state index in [2.05, 4.69) is 18.3 Å². The average molecular weight is 522 g/mol. The van der Waals surface area contributed by atoms with Crippen LogP contribution in [-0.4, -0.2) is 33.2 Å². The standard InChI is InChI=1S/C29H32ClN3O4/c1-4-29(36)12-26(34)37-14-21-22(29)10-25-27-20(13-33(25)28(21)35)18(9-17-7-15(2)5-6-31-17)19-8-16(3)23(30)11-24(19)32-27/h8,10-11,15,17,31,36H,4-7,9,12-14H2,1-3H3. The summed E-state index contributed by atoms with van der Waals surface area (Å²) >= 11 is 6.52. The third kappa shape index (κ3) is 3.99. The highest BCUT2D eigenvalue weighted by Crippen LogP contribution is 2.41. The van der Waals surface area contributed by atoms with Crippen LogP contribution in [0, 0.1) is 12.8 Å². The molecule has 3 atom stereocenters. The Morgan fingerprint density at radius 1 is 1.27 bits per heavy atom. The molecule has 3 aliphatic heterocycles. The Hall–Kier alpha value is -2.74. The molecule has 194 valence electrons. The first-order valence-corrected chi connectivity index (χ1v) is 13.6. The number of cyclic esters (lactones) is 1. The van der Waals surface area contributed by atoms with Crippen molar-refractivity contribution in [3.63, 3.8) is 0 Å². The molecule has 0 radical (unpaired) electrons. The van der Waals surface area contributed by atoms with Crippen LogP contribution < -0.4 is 10.9 Å². The van der Waals surface area contributed by atoms with Crippen molar-refractivity contribution < 1.29 is 14.6 Å². The molecule has 0 saturated carbocycles. The number of esters is 1. The number of aromatic nitrogens is 2.